The molecule has 1 aromatic rings. The zero-order chi connectivity index (χ0) is 15.2. The van der Waals surface area contributed by atoms with Gasteiger partial charge >= 0.3 is 6.18 Å². The highest BCUT2D eigenvalue weighted by molar-refractivity contribution is 9.10. The predicted octanol–water partition coefficient (Wildman–Crippen LogP) is 4.34. The van der Waals surface area contributed by atoms with Gasteiger partial charge in [-0.1, -0.05) is 22.9 Å². The SMILES string of the molecule is CCCNCc1cc(Br)ccc1N(C)CCC(F)(F)F. The molecule has 0 bridgehead atoms. The van der Waals surface area contributed by atoms with Gasteiger partial charge in [-0.3, -0.25) is 0 Å². The molecule has 6 heteroatoms. The third-order valence-electron chi connectivity index (χ3n) is 2.93. The van der Waals surface area contributed by atoms with E-state index in [0.717, 1.165) is 28.7 Å². The number of hydrogen-bond acceptors (Lipinski definition) is 2. The molecule has 0 atom stereocenters. The predicted molar refractivity (Wildman–Crippen MR) is 80.1 cm³/mol. The second kappa shape index (κ2) is 7.88. The average molecular weight is 353 g/mol. The third-order valence-corrected chi connectivity index (χ3v) is 3.42. The van der Waals surface area contributed by atoms with Gasteiger partial charge in [0.15, 0.2) is 0 Å². The maximum atomic E-state index is 12.3. The number of alkyl halides is 3. The van der Waals surface area contributed by atoms with E-state index in [-0.39, 0.29) is 6.54 Å². The lowest BCUT2D eigenvalue weighted by molar-refractivity contribution is -0.132. The van der Waals surface area contributed by atoms with Crippen LogP contribution in [0.4, 0.5) is 18.9 Å². The van der Waals surface area contributed by atoms with Crippen LogP contribution in [-0.2, 0) is 6.54 Å². The van der Waals surface area contributed by atoms with Gasteiger partial charge in [-0.05, 0) is 36.7 Å². The Morgan fingerprint density at radius 3 is 2.60 bits per heavy atom. The number of hydrogen-bond donors (Lipinski definition) is 1. The molecule has 0 amide bonds. The average Bonchev–Trinajstić information content (AvgIpc) is 2.36. The van der Waals surface area contributed by atoms with Crippen LogP contribution in [0, 0.1) is 0 Å². The smallest absolute Gasteiger partial charge is 0.374 e. The summed E-state index contributed by atoms with van der Waals surface area (Å²) in [5.74, 6) is 0. The lowest BCUT2D eigenvalue weighted by atomic mass is 10.1. The van der Waals surface area contributed by atoms with E-state index in [1.165, 1.54) is 0 Å². The van der Waals surface area contributed by atoms with E-state index in [9.17, 15) is 13.2 Å². The van der Waals surface area contributed by atoms with Gasteiger partial charge in [-0.2, -0.15) is 13.2 Å². The van der Waals surface area contributed by atoms with E-state index in [1.807, 2.05) is 18.2 Å². The summed E-state index contributed by atoms with van der Waals surface area (Å²) in [5, 5.41) is 3.28. The number of nitrogens with one attached hydrogen (secondary N) is 1. The van der Waals surface area contributed by atoms with Crippen LogP contribution in [0.2, 0.25) is 0 Å². The van der Waals surface area contributed by atoms with Crippen molar-refractivity contribution in [3.8, 4) is 0 Å². The standard InChI is InChI=1S/C14H20BrF3N2/c1-3-7-19-10-11-9-12(15)4-5-13(11)20(2)8-6-14(16,17)18/h4-5,9,19H,3,6-8,10H2,1-2H3. The normalized spacial score (nSPS) is 11.7. The van der Waals surface area contributed by atoms with E-state index in [2.05, 4.69) is 28.2 Å². The molecular weight excluding hydrogens is 333 g/mol. The van der Waals surface area contributed by atoms with Crippen LogP contribution in [0.25, 0.3) is 0 Å². The molecule has 0 spiro atoms. The quantitative estimate of drug-likeness (QED) is 0.734. The largest absolute Gasteiger partial charge is 0.390 e. The molecule has 0 saturated heterocycles. The Bertz CT molecular complexity index is 421. The van der Waals surface area contributed by atoms with Crippen molar-refractivity contribution in [2.24, 2.45) is 0 Å². The Morgan fingerprint density at radius 1 is 1.30 bits per heavy atom. The molecule has 1 rings (SSSR count). The maximum Gasteiger partial charge on any atom is 0.390 e. The second-order valence-corrected chi connectivity index (χ2v) is 5.65. The zero-order valence-electron chi connectivity index (χ0n) is 11.7. The van der Waals surface area contributed by atoms with E-state index < -0.39 is 12.6 Å². The van der Waals surface area contributed by atoms with E-state index in [1.54, 1.807) is 11.9 Å². The molecule has 20 heavy (non-hydrogen) atoms. The third kappa shape index (κ3) is 6.13. The fourth-order valence-electron chi connectivity index (χ4n) is 1.88. The molecule has 0 aliphatic heterocycles. The molecular formula is C14H20BrF3N2. The first kappa shape index (κ1) is 17.3. The van der Waals surface area contributed by atoms with E-state index in [0.29, 0.717) is 6.54 Å². The fourth-order valence-corrected chi connectivity index (χ4v) is 2.29. The first-order chi connectivity index (χ1) is 9.33. The highest BCUT2D eigenvalue weighted by Crippen LogP contribution is 2.26. The monoisotopic (exact) mass is 352 g/mol. The maximum absolute atomic E-state index is 12.3. The van der Waals surface area contributed by atoms with Crippen LogP contribution in [0.1, 0.15) is 25.3 Å². The Labute approximate surface area is 126 Å². The van der Waals surface area contributed by atoms with Crippen molar-refractivity contribution in [1.29, 1.82) is 0 Å². The van der Waals surface area contributed by atoms with E-state index in [4.69, 9.17) is 0 Å². The molecule has 1 aromatic carbocycles. The van der Waals surface area contributed by atoms with Crippen LogP contribution in [-0.4, -0.2) is 26.3 Å². The van der Waals surface area contributed by atoms with Gasteiger partial charge in [0.1, 0.15) is 0 Å². The minimum atomic E-state index is -4.12. The van der Waals surface area contributed by atoms with Crippen molar-refractivity contribution in [3.05, 3.63) is 28.2 Å². The number of benzene rings is 1. The van der Waals surface area contributed by atoms with Crippen LogP contribution in [0.5, 0.6) is 0 Å². The highest BCUT2D eigenvalue weighted by Gasteiger charge is 2.27. The van der Waals surface area contributed by atoms with Crippen molar-refractivity contribution in [3.63, 3.8) is 0 Å². The lowest BCUT2D eigenvalue weighted by Crippen LogP contribution is -2.26. The van der Waals surface area contributed by atoms with Gasteiger partial charge < -0.3 is 10.2 Å². The topological polar surface area (TPSA) is 15.3 Å². The molecule has 0 heterocycles. The van der Waals surface area contributed by atoms with Crippen LogP contribution in [0.3, 0.4) is 0 Å². The van der Waals surface area contributed by atoms with Gasteiger partial charge in [0.2, 0.25) is 0 Å². The summed E-state index contributed by atoms with van der Waals surface area (Å²) in [6, 6.07) is 5.65. The molecule has 114 valence electrons. The summed E-state index contributed by atoms with van der Waals surface area (Å²) in [7, 11) is 1.69. The summed E-state index contributed by atoms with van der Waals surface area (Å²) in [6.45, 7) is 3.58. The summed E-state index contributed by atoms with van der Waals surface area (Å²) in [4.78, 5) is 1.66. The summed E-state index contributed by atoms with van der Waals surface area (Å²) < 4.78 is 37.8. The minimum Gasteiger partial charge on any atom is -0.374 e. The molecule has 0 aliphatic rings. The Kier molecular flexibility index (Phi) is 6.82. The minimum absolute atomic E-state index is 0.0358. The molecule has 0 fully saturated rings. The van der Waals surface area contributed by atoms with Crippen LogP contribution in [0.15, 0.2) is 22.7 Å². The van der Waals surface area contributed by atoms with Gasteiger partial charge in [0, 0.05) is 30.3 Å². The van der Waals surface area contributed by atoms with Gasteiger partial charge in [-0.25, -0.2) is 0 Å². The Morgan fingerprint density at radius 2 is 2.00 bits per heavy atom. The number of halogens is 4. The first-order valence-electron chi connectivity index (χ1n) is 6.60. The Balaban J connectivity index is 2.76. The molecule has 0 aromatic heterocycles. The molecule has 0 unspecified atom stereocenters. The Hall–Kier alpha value is -0.750. The summed E-state index contributed by atoms with van der Waals surface area (Å²) in [5.41, 5.74) is 1.83. The first-order valence-corrected chi connectivity index (χ1v) is 7.40. The van der Waals surface area contributed by atoms with Crippen molar-refractivity contribution < 1.29 is 13.2 Å². The molecule has 0 saturated carbocycles. The van der Waals surface area contributed by atoms with Crippen molar-refractivity contribution in [2.75, 3.05) is 25.0 Å². The second-order valence-electron chi connectivity index (χ2n) is 4.74. The molecule has 2 nitrogen and oxygen atoms in total. The number of anilines is 1. The van der Waals surface area contributed by atoms with Gasteiger partial charge in [-0.15, -0.1) is 0 Å². The molecule has 0 radical (unpaired) electrons. The lowest BCUT2D eigenvalue weighted by Gasteiger charge is -2.23. The van der Waals surface area contributed by atoms with Crippen LogP contribution >= 0.6 is 15.9 Å². The summed E-state index contributed by atoms with van der Waals surface area (Å²) in [6.07, 6.45) is -3.90. The van der Waals surface area contributed by atoms with Crippen molar-refractivity contribution in [2.45, 2.75) is 32.5 Å². The van der Waals surface area contributed by atoms with Gasteiger partial charge in [0.05, 0.1) is 6.42 Å². The fraction of sp³-hybridized carbons (Fsp3) is 0.571. The van der Waals surface area contributed by atoms with E-state index >= 15 is 0 Å². The van der Waals surface area contributed by atoms with Crippen molar-refractivity contribution >= 4 is 21.6 Å². The molecule has 1 N–H and O–H groups in total. The van der Waals surface area contributed by atoms with Gasteiger partial charge in [0.25, 0.3) is 0 Å². The molecule has 0 aliphatic carbocycles. The van der Waals surface area contributed by atoms with Crippen molar-refractivity contribution in [1.82, 2.24) is 5.32 Å². The summed E-state index contributed by atoms with van der Waals surface area (Å²) >= 11 is 3.40. The number of nitrogens with zero attached hydrogens (tertiary/aromatic N) is 1. The highest BCUT2D eigenvalue weighted by atomic mass is 79.9. The van der Waals surface area contributed by atoms with Crippen LogP contribution < -0.4 is 10.2 Å². The number of rotatable bonds is 7. The zero-order valence-corrected chi connectivity index (χ0v) is 13.3.